The van der Waals surface area contributed by atoms with Crippen LogP contribution in [-0.2, 0) is 6.42 Å². The van der Waals surface area contributed by atoms with E-state index >= 15 is 0 Å². The Kier molecular flexibility index (Phi) is 4.03. The molecular weight excluding hydrogens is 222 g/mol. The van der Waals surface area contributed by atoms with Crippen molar-refractivity contribution in [1.29, 1.82) is 0 Å². The second kappa shape index (κ2) is 5.71. The van der Waals surface area contributed by atoms with E-state index in [0.717, 1.165) is 18.8 Å². The van der Waals surface area contributed by atoms with E-state index in [9.17, 15) is 0 Å². The Morgan fingerprint density at radius 2 is 1.94 bits per heavy atom. The van der Waals surface area contributed by atoms with Crippen LogP contribution in [0.2, 0.25) is 0 Å². The van der Waals surface area contributed by atoms with E-state index in [4.69, 9.17) is 0 Å². The monoisotopic (exact) mass is 243 g/mol. The van der Waals surface area contributed by atoms with Crippen LogP contribution in [0, 0.1) is 6.92 Å². The van der Waals surface area contributed by atoms with Crippen LogP contribution in [-0.4, -0.2) is 16.3 Å². The molecule has 0 aliphatic rings. The molecule has 3 nitrogen and oxygen atoms in total. The van der Waals surface area contributed by atoms with Crippen molar-refractivity contribution in [2.45, 2.75) is 33.2 Å². The summed E-state index contributed by atoms with van der Waals surface area (Å²) in [5.41, 5.74) is 2.56. The summed E-state index contributed by atoms with van der Waals surface area (Å²) < 4.78 is 2.00. The fourth-order valence-electron chi connectivity index (χ4n) is 1.89. The smallest absolute Gasteiger partial charge is 0.150 e. The van der Waals surface area contributed by atoms with Gasteiger partial charge in [0.15, 0.2) is 5.82 Å². The SMILES string of the molecule is Cc1cn(C(C)C)nc1NCCc1ccccc1. The van der Waals surface area contributed by atoms with Gasteiger partial charge in [0.2, 0.25) is 0 Å². The van der Waals surface area contributed by atoms with Crippen LogP contribution in [0.5, 0.6) is 0 Å². The van der Waals surface area contributed by atoms with Gasteiger partial charge < -0.3 is 5.32 Å². The molecular formula is C15H21N3. The Labute approximate surface area is 109 Å². The molecule has 0 saturated carbocycles. The summed E-state index contributed by atoms with van der Waals surface area (Å²) in [6.45, 7) is 7.29. The first-order chi connectivity index (χ1) is 8.66. The van der Waals surface area contributed by atoms with Crippen molar-refractivity contribution < 1.29 is 0 Å². The second-order valence-corrected chi connectivity index (χ2v) is 4.90. The van der Waals surface area contributed by atoms with Gasteiger partial charge in [-0.1, -0.05) is 30.3 Å². The lowest BCUT2D eigenvalue weighted by molar-refractivity contribution is 0.533. The number of aromatic nitrogens is 2. The van der Waals surface area contributed by atoms with Gasteiger partial charge in [0, 0.05) is 24.3 Å². The van der Waals surface area contributed by atoms with E-state index < -0.39 is 0 Å². The molecule has 0 radical (unpaired) electrons. The topological polar surface area (TPSA) is 29.9 Å². The zero-order valence-electron chi connectivity index (χ0n) is 11.4. The molecule has 2 rings (SSSR count). The highest BCUT2D eigenvalue weighted by Gasteiger charge is 2.06. The van der Waals surface area contributed by atoms with E-state index in [1.165, 1.54) is 11.1 Å². The van der Waals surface area contributed by atoms with Crippen LogP contribution in [0.25, 0.3) is 0 Å². The zero-order valence-corrected chi connectivity index (χ0v) is 11.4. The fraction of sp³-hybridized carbons (Fsp3) is 0.400. The van der Waals surface area contributed by atoms with E-state index in [2.05, 4.69) is 61.6 Å². The van der Waals surface area contributed by atoms with Crippen LogP contribution in [0.1, 0.15) is 31.0 Å². The summed E-state index contributed by atoms with van der Waals surface area (Å²) in [6, 6.07) is 10.9. The molecule has 18 heavy (non-hydrogen) atoms. The van der Waals surface area contributed by atoms with Gasteiger partial charge in [-0.3, -0.25) is 4.68 Å². The molecule has 2 aromatic rings. The van der Waals surface area contributed by atoms with Crippen molar-refractivity contribution in [1.82, 2.24) is 9.78 Å². The Morgan fingerprint density at radius 1 is 1.22 bits per heavy atom. The van der Waals surface area contributed by atoms with Gasteiger partial charge in [0.05, 0.1) is 0 Å². The minimum Gasteiger partial charge on any atom is -0.368 e. The summed E-state index contributed by atoms with van der Waals surface area (Å²) in [7, 11) is 0. The van der Waals surface area contributed by atoms with Crippen molar-refractivity contribution in [3.63, 3.8) is 0 Å². The number of aryl methyl sites for hydroxylation is 1. The minimum absolute atomic E-state index is 0.411. The predicted molar refractivity (Wildman–Crippen MR) is 76.0 cm³/mol. The highest BCUT2D eigenvalue weighted by Crippen LogP contribution is 2.14. The van der Waals surface area contributed by atoms with E-state index in [1.54, 1.807) is 0 Å². The van der Waals surface area contributed by atoms with Crippen LogP contribution < -0.4 is 5.32 Å². The molecule has 1 aromatic heterocycles. The predicted octanol–water partition coefficient (Wildman–Crippen LogP) is 3.43. The molecule has 0 fully saturated rings. The normalized spacial score (nSPS) is 10.9. The third-order valence-electron chi connectivity index (χ3n) is 2.99. The first kappa shape index (κ1) is 12.7. The summed E-state index contributed by atoms with van der Waals surface area (Å²) in [4.78, 5) is 0. The van der Waals surface area contributed by atoms with Gasteiger partial charge >= 0.3 is 0 Å². The molecule has 0 aliphatic carbocycles. The van der Waals surface area contributed by atoms with Crippen molar-refractivity contribution in [2.24, 2.45) is 0 Å². The third kappa shape index (κ3) is 3.13. The quantitative estimate of drug-likeness (QED) is 0.872. The Hall–Kier alpha value is -1.77. The standard InChI is InChI=1S/C15H21N3/c1-12(2)18-11-13(3)15(17-18)16-10-9-14-7-5-4-6-8-14/h4-8,11-12H,9-10H2,1-3H3,(H,16,17). The van der Waals surface area contributed by atoms with Crippen molar-refractivity contribution in [3.05, 3.63) is 47.7 Å². The lowest BCUT2D eigenvalue weighted by Gasteiger charge is -2.05. The lowest BCUT2D eigenvalue weighted by Crippen LogP contribution is -2.07. The van der Waals surface area contributed by atoms with Gasteiger partial charge in [-0.05, 0) is 32.8 Å². The number of anilines is 1. The number of benzene rings is 1. The first-order valence-electron chi connectivity index (χ1n) is 6.50. The number of hydrogen-bond acceptors (Lipinski definition) is 2. The Morgan fingerprint density at radius 3 is 2.56 bits per heavy atom. The van der Waals surface area contributed by atoms with Crippen LogP contribution in [0.15, 0.2) is 36.5 Å². The zero-order chi connectivity index (χ0) is 13.0. The van der Waals surface area contributed by atoms with Gasteiger partial charge in [-0.15, -0.1) is 0 Å². The molecule has 3 heteroatoms. The molecule has 0 amide bonds. The average Bonchev–Trinajstić information content (AvgIpc) is 2.73. The molecule has 0 spiro atoms. The number of rotatable bonds is 5. The fourth-order valence-corrected chi connectivity index (χ4v) is 1.89. The van der Waals surface area contributed by atoms with Gasteiger partial charge in [0.1, 0.15) is 0 Å². The maximum absolute atomic E-state index is 4.55. The molecule has 0 atom stereocenters. The summed E-state index contributed by atoms with van der Waals surface area (Å²) >= 11 is 0. The number of nitrogens with zero attached hydrogens (tertiary/aromatic N) is 2. The Balaban J connectivity index is 1.90. The van der Waals surface area contributed by atoms with E-state index in [-0.39, 0.29) is 0 Å². The number of nitrogens with one attached hydrogen (secondary N) is 1. The molecule has 1 aromatic carbocycles. The maximum Gasteiger partial charge on any atom is 0.150 e. The summed E-state index contributed by atoms with van der Waals surface area (Å²) in [5.74, 6) is 1.000. The maximum atomic E-state index is 4.55. The highest BCUT2D eigenvalue weighted by atomic mass is 15.3. The summed E-state index contributed by atoms with van der Waals surface area (Å²) in [6.07, 6.45) is 3.12. The van der Waals surface area contributed by atoms with Crippen LogP contribution in [0.4, 0.5) is 5.82 Å². The van der Waals surface area contributed by atoms with Crippen molar-refractivity contribution in [3.8, 4) is 0 Å². The molecule has 0 unspecified atom stereocenters. The molecule has 0 saturated heterocycles. The largest absolute Gasteiger partial charge is 0.368 e. The lowest BCUT2D eigenvalue weighted by atomic mass is 10.1. The number of hydrogen-bond donors (Lipinski definition) is 1. The Bertz CT molecular complexity index is 486. The van der Waals surface area contributed by atoms with Crippen molar-refractivity contribution in [2.75, 3.05) is 11.9 Å². The van der Waals surface area contributed by atoms with Crippen molar-refractivity contribution >= 4 is 5.82 Å². The van der Waals surface area contributed by atoms with E-state index in [1.807, 2.05) is 10.7 Å². The second-order valence-electron chi connectivity index (χ2n) is 4.90. The summed E-state index contributed by atoms with van der Waals surface area (Å²) in [5, 5.41) is 7.95. The molecule has 0 aliphatic heterocycles. The minimum atomic E-state index is 0.411. The average molecular weight is 243 g/mol. The van der Waals surface area contributed by atoms with Crippen LogP contribution in [0.3, 0.4) is 0 Å². The van der Waals surface area contributed by atoms with Gasteiger partial charge in [0.25, 0.3) is 0 Å². The molecule has 0 bridgehead atoms. The van der Waals surface area contributed by atoms with Gasteiger partial charge in [-0.25, -0.2) is 0 Å². The third-order valence-corrected chi connectivity index (χ3v) is 2.99. The van der Waals surface area contributed by atoms with Crippen LogP contribution >= 0.6 is 0 Å². The van der Waals surface area contributed by atoms with Gasteiger partial charge in [-0.2, -0.15) is 5.10 Å². The molecule has 1 heterocycles. The first-order valence-corrected chi connectivity index (χ1v) is 6.50. The van der Waals surface area contributed by atoms with E-state index in [0.29, 0.717) is 6.04 Å². The molecule has 96 valence electrons. The molecule has 1 N–H and O–H groups in total. The highest BCUT2D eigenvalue weighted by molar-refractivity contribution is 5.42.